The summed E-state index contributed by atoms with van der Waals surface area (Å²) in [7, 11) is 0. The minimum atomic E-state index is -0.628. The maximum atomic E-state index is 13.2. The molecule has 1 unspecified atom stereocenters. The first kappa shape index (κ1) is 18.5. The Bertz CT molecular complexity index is 934. The third-order valence-electron chi connectivity index (χ3n) is 5.32. The highest BCUT2D eigenvalue weighted by Gasteiger charge is 2.46. The zero-order valence-corrected chi connectivity index (χ0v) is 15.8. The summed E-state index contributed by atoms with van der Waals surface area (Å²) in [6, 6.07) is 5.82. The molecule has 1 aromatic carbocycles. The summed E-state index contributed by atoms with van der Waals surface area (Å²) in [4.78, 5) is 37.0. The van der Waals surface area contributed by atoms with Crippen LogP contribution in [0.2, 0.25) is 0 Å². The molecule has 2 amide bonds. The summed E-state index contributed by atoms with van der Waals surface area (Å²) in [6.45, 7) is 4.74. The predicted octanol–water partition coefficient (Wildman–Crippen LogP) is 1.88. The molecule has 2 aromatic rings. The topological polar surface area (TPSA) is 75.6 Å². The first-order chi connectivity index (χ1) is 13.4. The number of anilines is 1. The van der Waals surface area contributed by atoms with E-state index in [4.69, 9.17) is 4.74 Å². The predicted molar refractivity (Wildman–Crippen MR) is 99.5 cm³/mol. The van der Waals surface area contributed by atoms with Crippen molar-refractivity contribution in [2.24, 2.45) is 0 Å². The Morgan fingerprint density at radius 1 is 1.21 bits per heavy atom. The third kappa shape index (κ3) is 3.35. The molecule has 2 aliphatic rings. The molecule has 0 saturated carbocycles. The Morgan fingerprint density at radius 3 is 2.68 bits per heavy atom. The van der Waals surface area contributed by atoms with Crippen molar-refractivity contribution in [3.05, 3.63) is 53.4 Å². The minimum absolute atomic E-state index is 0.0634. The van der Waals surface area contributed by atoms with Crippen molar-refractivity contribution in [2.75, 3.05) is 31.1 Å². The van der Waals surface area contributed by atoms with Crippen LogP contribution in [0.5, 0.6) is 0 Å². The van der Waals surface area contributed by atoms with Gasteiger partial charge in [-0.15, -0.1) is 0 Å². The van der Waals surface area contributed by atoms with E-state index in [1.54, 1.807) is 42.0 Å². The second-order valence-corrected chi connectivity index (χ2v) is 7.32. The number of rotatable bonds is 2. The van der Waals surface area contributed by atoms with Crippen LogP contribution in [0.4, 0.5) is 10.1 Å². The van der Waals surface area contributed by atoms with E-state index >= 15 is 0 Å². The van der Waals surface area contributed by atoms with Crippen molar-refractivity contribution >= 4 is 17.5 Å². The van der Waals surface area contributed by atoms with E-state index in [-0.39, 0.29) is 24.2 Å². The van der Waals surface area contributed by atoms with E-state index in [0.29, 0.717) is 48.8 Å². The van der Waals surface area contributed by atoms with Gasteiger partial charge in [0.25, 0.3) is 11.8 Å². The van der Waals surface area contributed by atoms with Gasteiger partial charge in [0, 0.05) is 18.4 Å². The Labute approximate surface area is 162 Å². The van der Waals surface area contributed by atoms with Crippen LogP contribution in [-0.4, -0.2) is 58.5 Å². The molecule has 1 spiro atoms. The van der Waals surface area contributed by atoms with Gasteiger partial charge in [-0.25, -0.2) is 14.4 Å². The Hall–Kier alpha value is -2.87. The second kappa shape index (κ2) is 6.94. The molecule has 3 heterocycles. The summed E-state index contributed by atoms with van der Waals surface area (Å²) < 4.78 is 19.1. The molecule has 1 aromatic heterocycles. The van der Waals surface area contributed by atoms with Crippen LogP contribution in [0, 0.1) is 19.7 Å². The van der Waals surface area contributed by atoms with Gasteiger partial charge in [-0.2, -0.15) is 0 Å². The molecule has 0 aliphatic carbocycles. The number of aromatic nitrogens is 2. The van der Waals surface area contributed by atoms with Crippen LogP contribution in [-0.2, 0) is 9.53 Å². The standard InChI is InChI=1S/C20H21FN4O3/c1-13-17(9-22-14(2)23-13)19(27)24-8-7-20(11-24)12-25(18(26)10-28-20)16-5-3-15(21)4-6-16/h3-6,9H,7-8,10-12H2,1-2H3. The number of aryl methyl sites for hydroxylation is 2. The molecule has 28 heavy (non-hydrogen) atoms. The first-order valence-corrected chi connectivity index (χ1v) is 9.16. The molecule has 2 aliphatic heterocycles. The van der Waals surface area contributed by atoms with Crippen molar-refractivity contribution in [3.8, 4) is 0 Å². The summed E-state index contributed by atoms with van der Waals surface area (Å²) in [5.41, 5.74) is 1.12. The van der Waals surface area contributed by atoms with Gasteiger partial charge in [0.05, 0.1) is 24.3 Å². The van der Waals surface area contributed by atoms with Gasteiger partial charge in [0.2, 0.25) is 0 Å². The number of ether oxygens (including phenoxy) is 1. The van der Waals surface area contributed by atoms with Crippen molar-refractivity contribution in [2.45, 2.75) is 25.9 Å². The molecule has 0 bridgehead atoms. The van der Waals surface area contributed by atoms with E-state index in [9.17, 15) is 14.0 Å². The maximum Gasteiger partial charge on any atom is 0.257 e. The summed E-state index contributed by atoms with van der Waals surface area (Å²) in [5, 5.41) is 0. The van der Waals surface area contributed by atoms with Crippen LogP contribution in [0.25, 0.3) is 0 Å². The van der Waals surface area contributed by atoms with Gasteiger partial charge in [0.1, 0.15) is 23.8 Å². The van der Waals surface area contributed by atoms with Gasteiger partial charge < -0.3 is 14.5 Å². The van der Waals surface area contributed by atoms with E-state index in [2.05, 4.69) is 9.97 Å². The highest BCUT2D eigenvalue weighted by molar-refractivity contribution is 5.96. The lowest BCUT2D eigenvalue weighted by Gasteiger charge is -2.40. The van der Waals surface area contributed by atoms with E-state index in [1.165, 1.54) is 12.1 Å². The van der Waals surface area contributed by atoms with E-state index in [1.807, 2.05) is 0 Å². The molecule has 2 saturated heterocycles. The lowest BCUT2D eigenvalue weighted by atomic mass is 10.00. The van der Waals surface area contributed by atoms with Crippen LogP contribution < -0.4 is 4.90 Å². The number of carbonyl (C=O) groups is 2. The molecule has 4 rings (SSSR count). The molecule has 146 valence electrons. The van der Waals surface area contributed by atoms with Gasteiger partial charge in [-0.1, -0.05) is 0 Å². The average molecular weight is 384 g/mol. The zero-order valence-electron chi connectivity index (χ0n) is 15.8. The maximum absolute atomic E-state index is 13.2. The minimum Gasteiger partial charge on any atom is -0.361 e. The van der Waals surface area contributed by atoms with Crippen molar-refractivity contribution in [3.63, 3.8) is 0 Å². The SMILES string of the molecule is Cc1ncc(C(=O)N2CCC3(C2)CN(c2ccc(F)cc2)C(=O)CO3)c(C)n1. The number of hydrogen-bond acceptors (Lipinski definition) is 5. The zero-order chi connectivity index (χ0) is 19.9. The fourth-order valence-electron chi connectivity index (χ4n) is 3.80. The van der Waals surface area contributed by atoms with Gasteiger partial charge in [0.15, 0.2) is 0 Å². The number of likely N-dealkylation sites (tertiary alicyclic amines) is 1. The van der Waals surface area contributed by atoms with Crippen LogP contribution in [0.3, 0.4) is 0 Å². The molecular weight excluding hydrogens is 363 g/mol. The molecule has 8 heteroatoms. The smallest absolute Gasteiger partial charge is 0.257 e. The number of nitrogens with zero attached hydrogens (tertiary/aromatic N) is 4. The van der Waals surface area contributed by atoms with Gasteiger partial charge >= 0.3 is 0 Å². The normalized spacial score (nSPS) is 22.2. The fourth-order valence-corrected chi connectivity index (χ4v) is 3.80. The second-order valence-electron chi connectivity index (χ2n) is 7.32. The largest absolute Gasteiger partial charge is 0.361 e. The van der Waals surface area contributed by atoms with Crippen LogP contribution in [0.15, 0.2) is 30.5 Å². The lowest BCUT2D eigenvalue weighted by molar-refractivity contribution is -0.137. The Balaban J connectivity index is 1.52. The molecule has 2 fully saturated rings. The monoisotopic (exact) mass is 384 g/mol. The van der Waals surface area contributed by atoms with Crippen LogP contribution in [0.1, 0.15) is 28.3 Å². The number of halogens is 1. The van der Waals surface area contributed by atoms with E-state index < -0.39 is 5.60 Å². The molecule has 0 N–H and O–H groups in total. The van der Waals surface area contributed by atoms with Crippen molar-refractivity contribution in [1.29, 1.82) is 0 Å². The molecular formula is C20H21FN4O3. The highest BCUT2D eigenvalue weighted by Crippen LogP contribution is 2.33. The Morgan fingerprint density at radius 2 is 1.96 bits per heavy atom. The number of amides is 2. The first-order valence-electron chi connectivity index (χ1n) is 9.16. The number of carbonyl (C=O) groups excluding carboxylic acids is 2. The fraction of sp³-hybridized carbons (Fsp3) is 0.400. The quantitative estimate of drug-likeness (QED) is 0.790. The molecule has 0 radical (unpaired) electrons. The number of morpholine rings is 1. The summed E-state index contributed by atoms with van der Waals surface area (Å²) in [5.74, 6) is -0.0449. The van der Waals surface area contributed by atoms with E-state index in [0.717, 1.165) is 0 Å². The highest BCUT2D eigenvalue weighted by atomic mass is 19.1. The molecule has 7 nitrogen and oxygen atoms in total. The number of benzene rings is 1. The van der Waals surface area contributed by atoms with Crippen molar-refractivity contribution < 1.29 is 18.7 Å². The Kier molecular flexibility index (Phi) is 4.58. The van der Waals surface area contributed by atoms with Gasteiger partial charge in [-0.05, 0) is 44.5 Å². The third-order valence-corrected chi connectivity index (χ3v) is 5.32. The lowest BCUT2D eigenvalue weighted by Crippen LogP contribution is -2.56. The average Bonchev–Trinajstić information content (AvgIpc) is 3.08. The van der Waals surface area contributed by atoms with Crippen LogP contribution >= 0.6 is 0 Å². The van der Waals surface area contributed by atoms with Gasteiger partial charge in [-0.3, -0.25) is 9.59 Å². The van der Waals surface area contributed by atoms with Crippen molar-refractivity contribution in [1.82, 2.24) is 14.9 Å². The molecule has 1 atom stereocenters. The summed E-state index contributed by atoms with van der Waals surface area (Å²) in [6.07, 6.45) is 2.18. The summed E-state index contributed by atoms with van der Waals surface area (Å²) >= 11 is 0. The number of hydrogen-bond donors (Lipinski definition) is 0.